The summed E-state index contributed by atoms with van der Waals surface area (Å²) in [7, 11) is 5.39. The second kappa shape index (κ2) is 12.1. The van der Waals surface area contributed by atoms with Gasteiger partial charge in [0.15, 0.2) is 28.8 Å². The summed E-state index contributed by atoms with van der Waals surface area (Å²) >= 11 is 0. The third-order valence-electron chi connectivity index (χ3n) is 7.16. The summed E-state index contributed by atoms with van der Waals surface area (Å²) in [6.07, 6.45) is -5.44. The number of benzene rings is 3. The fourth-order valence-corrected chi connectivity index (χ4v) is 5.05. The molecule has 0 aromatic heterocycles. The lowest BCUT2D eigenvalue weighted by molar-refractivity contribution is -0.189. The molecule has 0 saturated carbocycles. The Morgan fingerprint density at radius 3 is 2.05 bits per heavy atom. The third-order valence-corrected chi connectivity index (χ3v) is 7.16. The first-order chi connectivity index (χ1) is 20.4. The summed E-state index contributed by atoms with van der Waals surface area (Å²) in [5.74, 6) is -3.10. The van der Waals surface area contributed by atoms with Crippen molar-refractivity contribution in [1.82, 2.24) is 10.2 Å². The summed E-state index contributed by atoms with van der Waals surface area (Å²) in [5.41, 5.74) is -4.98. The SMILES string of the molecule is COc1ccc(C(=O)N[C@@]2(C(F)(F)F)C(=O)N(Cc3cccc(OC)c3OC)C(C)=C2C(=O)c2ccccc2)cc1OC. The van der Waals surface area contributed by atoms with E-state index in [1.807, 2.05) is 5.32 Å². The van der Waals surface area contributed by atoms with Crippen LogP contribution in [0.25, 0.3) is 0 Å². The van der Waals surface area contributed by atoms with E-state index in [2.05, 4.69) is 0 Å². The molecule has 226 valence electrons. The molecule has 4 rings (SSSR count). The first kappa shape index (κ1) is 30.9. The van der Waals surface area contributed by atoms with Crippen LogP contribution in [-0.4, -0.2) is 62.7 Å². The molecule has 1 heterocycles. The van der Waals surface area contributed by atoms with Crippen molar-refractivity contribution in [2.45, 2.75) is 25.2 Å². The van der Waals surface area contributed by atoms with Crippen molar-refractivity contribution < 1.29 is 46.5 Å². The molecule has 1 N–H and O–H groups in total. The number of carbonyl (C=O) groups is 3. The highest BCUT2D eigenvalue weighted by Gasteiger charge is 2.70. The quantitative estimate of drug-likeness (QED) is 0.330. The minimum Gasteiger partial charge on any atom is -0.493 e. The lowest BCUT2D eigenvalue weighted by Crippen LogP contribution is -2.66. The van der Waals surface area contributed by atoms with Gasteiger partial charge in [-0.25, -0.2) is 0 Å². The highest BCUT2D eigenvalue weighted by Crippen LogP contribution is 2.47. The summed E-state index contributed by atoms with van der Waals surface area (Å²) in [6.45, 7) is 0.817. The molecule has 0 aliphatic carbocycles. The minimum absolute atomic E-state index is 0.0769. The molecule has 0 fully saturated rings. The maximum atomic E-state index is 15.3. The zero-order chi connectivity index (χ0) is 31.5. The Morgan fingerprint density at radius 1 is 0.814 bits per heavy atom. The number of methoxy groups -OCH3 is 4. The van der Waals surface area contributed by atoms with E-state index in [0.717, 1.165) is 4.90 Å². The van der Waals surface area contributed by atoms with Crippen molar-refractivity contribution >= 4 is 17.6 Å². The van der Waals surface area contributed by atoms with E-state index in [1.165, 1.54) is 77.8 Å². The van der Waals surface area contributed by atoms with Gasteiger partial charge in [-0.2, -0.15) is 13.2 Å². The zero-order valence-corrected chi connectivity index (χ0v) is 24.0. The summed E-state index contributed by atoms with van der Waals surface area (Å²) < 4.78 is 67.1. The summed E-state index contributed by atoms with van der Waals surface area (Å²) in [6, 6.07) is 15.7. The Balaban J connectivity index is 1.91. The van der Waals surface area contributed by atoms with Gasteiger partial charge in [0.2, 0.25) is 5.54 Å². The van der Waals surface area contributed by atoms with Gasteiger partial charge in [0.25, 0.3) is 11.8 Å². The normalized spacial score (nSPS) is 16.7. The minimum atomic E-state index is -5.44. The smallest absolute Gasteiger partial charge is 0.425 e. The molecular formula is C31H29F3N2O7. The molecular weight excluding hydrogens is 569 g/mol. The number of halogens is 3. The number of hydrogen-bond donors (Lipinski definition) is 1. The average Bonchev–Trinajstić information content (AvgIpc) is 3.22. The molecule has 1 atom stereocenters. The molecule has 0 radical (unpaired) electrons. The van der Waals surface area contributed by atoms with Gasteiger partial charge in [-0.15, -0.1) is 0 Å². The molecule has 12 heteroatoms. The number of nitrogens with zero attached hydrogens (tertiary/aromatic N) is 1. The maximum absolute atomic E-state index is 15.3. The Kier molecular flexibility index (Phi) is 8.70. The third kappa shape index (κ3) is 5.36. The van der Waals surface area contributed by atoms with Crippen LogP contribution in [0, 0.1) is 0 Å². The fraction of sp³-hybridized carbons (Fsp3) is 0.258. The maximum Gasteiger partial charge on any atom is 0.425 e. The number of hydrogen-bond acceptors (Lipinski definition) is 7. The van der Waals surface area contributed by atoms with E-state index >= 15 is 13.2 Å². The van der Waals surface area contributed by atoms with Crippen molar-refractivity contribution in [1.29, 1.82) is 0 Å². The number of nitrogens with one attached hydrogen (secondary N) is 1. The highest BCUT2D eigenvalue weighted by molar-refractivity contribution is 6.19. The number of Topliss-reactive ketones (excluding diaryl/α,β-unsaturated/α-hetero) is 1. The predicted molar refractivity (Wildman–Crippen MR) is 149 cm³/mol. The Bertz CT molecular complexity index is 1590. The van der Waals surface area contributed by atoms with E-state index in [1.54, 1.807) is 24.3 Å². The molecule has 2 amide bonds. The fourth-order valence-electron chi connectivity index (χ4n) is 5.05. The van der Waals surface area contributed by atoms with Crippen LogP contribution in [0.15, 0.2) is 78.0 Å². The van der Waals surface area contributed by atoms with Gasteiger partial charge in [0, 0.05) is 22.4 Å². The number of amides is 2. The zero-order valence-electron chi connectivity index (χ0n) is 24.0. The number of rotatable bonds is 10. The molecule has 9 nitrogen and oxygen atoms in total. The molecule has 1 aliphatic rings. The molecule has 1 aliphatic heterocycles. The second-order valence-corrected chi connectivity index (χ2v) is 9.47. The lowest BCUT2D eigenvalue weighted by Gasteiger charge is -2.33. The Hall–Kier alpha value is -5.00. The molecule has 0 bridgehead atoms. The van der Waals surface area contributed by atoms with E-state index in [9.17, 15) is 14.4 Å². The molecule has 0 unspecified atom stereocenters. The second-order valence-electron chi connectivity index (χ2n) is 9.47. The first-order valence-corrected chi connectivity index (χ1v) is 12.9. The summed E-state index contributed by atoms with van der Waals surface area (Å²) in [4.78, 5) is 42.2. The van der Waals surface area contributed by atoms with Crippen molar-refractivity contribution in [2.75, 3.05) is 28.4 Å². The number of ketones is 1. The molecule has 0 saturated heterocycles. The largest absolute Gasteiger partial charge is 0.493 e. The first-order valence-electron chi connectivity index (χ1n) is 12.9. The van der Waals surface area contributed by atoms with Crippen molar-refractivity contribution in [3.63, 3.8) is 0 Å². The van der Waals surface area contributed by atoms with Gasteiger partial charge in [0.1, 0.15) is 0 Å². The number of carbonyl (C=O) groups excluding carboxylic acids is 3. The molecule has 3 aromatic carbocycles. The van der Waals surface area contributed by atoms with Crippen molar-refractivity contribution in [3.05, 3.63) is 94.7 Å². The topological polar surface area (TPSA) is 103 Å². The molecule has 3 aromatic rings. The van der Waals surface area contributed by atoms with Crippen LogP contribution in [0.4, 0.5) is 13.2 Å². The van der Waals surface area contributed by atoms with E-state index < -0.39 is 41.4 Å². The average molecular weight is 599 g/mol. The van der Waals surface area contributed by atoms with Crippen LogP contribution in [0.1, 0.15) is 33.2 Å². The predicted octanol–water partition coefficient (Wildman–Crippen LogP) is 4.95. The lowest BCUT2D eigenvalue weighted by atomic mass is 9.84. The van der Waals surface area contributed by atoms with Crippen molar-refractivity contribution in [2.24, 2.45) is 0 Å². The van der Waals surface area contributed by atoms with Gasteiger partial charge in [-0.1, -0.05) is 42.5 Å². The van der Waals surface area contributed by atoms with Gasteiger partial charge >= 0.3 is 6.18 Å². The summed E-state index contributed by atoms with van der Waals surface area (Å²) in [5, 5.41) is 1.90. The number of alkyl halides is 3. The molecule has 0 spiro atoms. The van der Waals surface area contributed by atoms with Crippen LogP contribution in [0.5, 0.6) is 23.0 Å². The van der Waals surface area contributed by atoms with Gasteiger partial charge in [-0.3, -0.25) is 14.4 Å². The van der Waals surface area contributed by atoms with Crippen molar-refractivity contribution in [3.8, 4) is 23.0 Å². The van der Waals surface area contributed by atoms with Crippen LogP contribution in [-0.2, 0) is 11.3 Å². The number of ether oxygens (including phenoxy) is 4. The number of allylic oxidation sites excluding steroid dienone is 1. The van der Waals surface area contributed by atoms with Crippen LogP contribution >= 0.6 is 0 Å². The molecule has 43 heavy (non-hydrogen) atoms. The van der Waals surface area contributed by atoms with Gasteiger partial charge in [-0.05, 0) is 31.2 Å². The van der Waals surface area contributed by atoms with Crippen LogP contribution < -0.4 is 24.3 Å². The highest BCUT2D eigenvalue weighted by atomic mass is 19.4. The van der Waals surface area contributed by atoms with Gasteiger partial charge < -0.3 is 29.2 Å². The standard InChI is InChI=1S/C31H29F3N2O7/c1-18-25(26(37)19-10-7-6-8-11-19)30(31(32,33)34,35-28(38)20-14-15-22(40-2)24(16-20)42-4)29(39)36(18)17-21-12-9-13-23(41-3)27(21)43-5/h6-16H,17H2,1-5H3,(H,35,38)/t30-/m1/s1. The Morgan fingerprint density at radius 2 is 1.47 bits per heavy atom. The van der Waals surface area contributed by atoms with E-state index in [4.69, 9.17) is 18.9 Å². The van der Waals surface area contributed by atoms with E-state index in [0.29, 0.717) is 5.56 Å². The van der Waals surface area contributed by atoms with Crippen LogP contribution in [0.3, 0.4) is 0 Å². The van der Waals surface area contributed by atoms with E-state index in [-0.39, 0.29) is 39.8 Å². The Labute approximate surface area is 245 Å². The monoisotopic (exact) mass is 598 g/mol. The number of para-hydroxylation sites is 1. The van der Waals surface area contributed by atoms with Gasteiger partial charge in [0.05, 0.1) is 40.6 Å². The van der Waals surface area contributed by atoms with Crippen LogP contribution in [0.2, 0.25) is 0 Å².